The van der Waals surface area contributed by atoms with Gasteiger partial charge < -0.3 is 14.7 Å². The van der Waals surface area contributed by atoms with Crippen molar-refractivity contribution < 1.29 is 19.5 Å². The number of hydrogen-bond acceptors (Lipinski definition) is 4. The molecule has 1 aromatic rings. The normalized spacial score (nSPS) is 12.9. The van der Waals surface area contributed by atoms with Gasteiger partial charge in [0.05, 0.1) is 5.92 Å². The Bertz CT molecular complexity index is 400. The van der Waals surface area contributed by atoms with Crippen LogP contribution in [-0.4, -0.2) is 30.2 Å². The summed E-state index contributed by atoms with van der Waals surface area (Å²) in [5.41, 5.74) is 0.236. The molecule has 1 N–H and O–H groups in total. The molecule has 0 aromatic heterocycles. The zero-order chi connectivity index (χ0) is 12.0. The van der Waals surface area contributed by atoms with Crippen molar-refractivity contribution in [1.29, 1.82) is 0 Å². The number of benzene rings is 1. The fourth-order valence-electron chi connectivity index (χ4n) is 1.29. The monoisotopic (exact) mass is 221 g/mol. The molecule has 0 amide bonds. The molecule has 1 atom stereocenters. The van der Waals surface area contributed by atoms with Crippen LogP contribution >= 0.6 is 0 Å². The first-order valence-corrected chi connectivity index (χ1v) is 4.55. The molecular formula is C11H11NO4. The summed E-state index contributed by atoms with van der Waals surface area (Å²) in [5, 5.41) is 12.3. The van der Waals surface area contributed by atoms with Crippen LogP contribution in [0.15, 0.2) is 35.5 Å². The lowest BCUT2D eigenvalue weighted by Crippen LogP contribution is -2.23. The molecule has 0 fully saturated rings. The first-order chi connectivity index (χ1) is 7.70. The van der Waals surface area contributed by atoms with Crippen molar-refractivity contribution >= 4 is 18.0 Å². The second-order valence-corrected chi connectivity index (χ2v) is 2.99. The van der Waals surface area contributed by atoms with Gasteiger partial charge in [-0.25, -0.2) is 4.79 Å². The van der Waals surface area contributed by atoms with E-state index in [1.165, 1.54) is 7.11 Å². The zero-order valence-electron chi connectivity index (χ0n) is 8.66. The molecule has 16 heavy (non-hydrogen) atoms. The molecule has 0 aliphatic carbocycles. The number of carboxylic acids is 1. The van der Waals surface area contributed by atoms with Gasteiger partial charge in [-0.05, 0) is 5.56 Å². The number of aliphatic carboxylic acids is 1. The van der Waals surface area contributed by atoms with Crippen LogP contribution in [0.5, 0.6) is 0 Å². The molecule has 5 heteroatoms. The van der Waals surface area contributed by atoms with Crippen LogP contribution in [-0.2, 0) is 14.4 Å². The number of carbonyl (C=O) groups is 2. The van der Waals surface area contributed by atoms with Crippen molar-refractivity contribution in [1.82, 2.24) is 0 Å². The molecule has 0 aliphatic rings. The van der Waals surface area contributed by atoms with E-state index in [9.17, 15) is 9.59 Å². The fourth-order valence-corrected chi connectivity index (χ4v) is 1.29. The van der Waals surface area contributed by atoms with E-state index in [4.69, 9.17) is 5.11 Å². The van der Waals surface area contributed by atoms with Crippen molar-refractivity contribution in [3.05, 3.63) is 35.9 Å². The molecule has 0 spiro atoms. The zero-order valence-corrected chi connectivity index (χ0v) is 8.66. The van der Waals surface area contributed by atoms with E-state index in [2.05, 4.69) is 9.99 Å². The van der Waals surface area contributed by atoms with Gasteiger partial charge in [0.1, 0.15) is 13.4 Å². The van der Waals surface area contributed by atoms with Crippen molar-refractivity contribution in [2.45, 2.75) is 5.92 Å². The number of nitrogens with zero attached hydrogens (tertiary/aromatic N) is 1. The van der Waals surface area contributed by atoms with Gasteiger partial charge in [-0.2, -0.15) is 0 Å². The summed E-state index contributed by atoms with van der Waals surface area (Å²) in [5.74, 6) is -2.19. The highest BCUT2D eigenvalue weighted by atomic mass is 16.6. The number of rotatable bonds is 5. The average Bonchev–Trinajstić information content (AvgIpc) is 2.30. The third-order valence-electron chi connectivity index (χ3n) is 2.00. The standard InChI is InChI=1S/C11H11NO4/c1-16-12-10(11(14)15)9(7-13)8-5-3-2-4-6-8/h2-7,9H,1H3,(H,14,15)/b12-10-. The first kappa shape index (κ1) is 11.9. The number of aldehydes is 1. The van der Waals surface area contributed by atoms with Gasteiger partial charge in [0.2, 0.25) is 0 Å². The van der Waals surface area contributed by atoms with Crippen molar-refractivity contribution in [3.63, 3.8) is 0 Å². The highest BCUT2D eigenvalue weighted by Gasteiger charge is 2.24. The predicted octanol–water partition coefficient (Wildman–Crippen LogP) is 1.06. The lowest BCUT2D eigenvalue weighted by Gasteiger charge is -2.09. The van der Waals surface area contributed by atoms with Crippen LogP contribution in [0.1, 0.15) is 11.5 Å². The van der Waals surface area contributed by atoms with Crippen LogP contribution < -0.4 is 0 Å². The van der Waals surface area contributed by atoms with Crippen LogP contribution in [0.25, 0.3) is 0 Å². The van der Waals surface area contributed by atoms with Crippen LogP contribution in [0, 0.1) is 0 Å². The summed E-state index contributed by atoms with van der Waals surface area (Å²) in [6.45, 7) is 0. The van der Waals surface area contributed by atoms with Gasteiger partial charge in [-0.1, -0.05) is 35.5 Å². The van der Waals surface area contributed by atoms with Gasteiger partial charge in [0.25, 0.3) is 0 Å². The third-order valence-corrected chi connectivity index (χ3v) is 2.00. The molecule has 1 rings (SSSR count). The largest absolute Gasteiger partial charge is 0.477 e. The van der Waals surface area contributed by atoms with Crippen LogP contribution in [0.3, 0.4) is 0 Å². The molecular weight excluding hydrogens is 210 g/mol. The Hall–Kier alpha value is -2.17. The van der Waals surface area contributed by atoms with E-state index in [0.717, 1.165) is 0 Å². The van der Waals surface area contributed by atoms with Crippen molar-refractivity contribution in [2.24, 2.45) is 5.16 Å². The molecule has 0 aliphatic heterocycles. The number of hydrogen-bond donors (Lipinski definition) is 1. The first-order valence-electron chi connectivity index (χ1n) is 4.55. The van der Waals surface area contributed by atoms with Crippen molar-refractivity contribution in [3.8, 4) is 0 Å². The number of carboxylic acid groups (broad SMARTS) is 1. The summed E-state index contributed by atoms with van der Waals surface area (Å²) >= 11 is 0. The Morgan fingerprint density at radius 2 is 2.06 bits per heavy atom. The second-order valence-electron chi connectivity index (χ2n) is 2.99. The van der Waals surface area contributed by atoms with E-state index < -0.39 is 11.9 Å². The van der Waals surface area contributed by atoms with Crippen LogP contribution in [0.2, 0.25) is 0 Å². The second kappa shape index (κ2) is 5.65. The van der Waals surface area contributed by atoms with Crippen molar-refractivity contribution in [2.75, 3.05) is 7.11 Å². The van der Waals surface area contributed by atoms with E-state index in [1.807, 2.05) is 0 Å². The maximum atomic E-state index is 10.9. The summed E-state index contributed by atoms with van der Waals surface area (Å²) in [6.07, 6.45) is 0.529. The van der Waals surface area contributed by atoms with Gasteiger partial charge in [0.15, 0.2) is 5.71 Å². The van der Waals surface area contributed by atoms with Crippen LogP contribution in [0.4, 0.5) is 0 Å². The fraction of sp³-hybridized carbons (Fsp3) is 0.182. The molecule has 0 saturated carbocycles. The summed E-state index contributed by atoms with van der Waals surface area (Å²) in [7, 11) is 1.23. The molecule has 0 radical (unpaired) electrons. The maximum absolute atomic E-state index is 10.9. The maximum Gasteiger partial charge on any atom is 0.354 e. The van der Waals surface area contributed by atoms with E-state index in [1.54, 1.807) is 30.3 Å². The van der Waals surface area contributed by atoms with Gasteiger partial charge in [-0.15, -0.1) is 0 Å². The van der Waals surface area contributed by atoms with Gasteiger partial charge >= 0.3 is 5.97 Å². The molecule has 0 saturated heterocycles. The number of oxime groups is 1. The SMILES string of the molecule is CO/N=C(\C(=O)O)C(C=O)c1ccccc1. The number of carbonyl (C=O) groups excluding carboxylic acids is 1. The lowest BCUT2D eigenvalue weighted by molar-refractivity contribution is -0.130. The molecule has 84 valence electrons. The highest BCUT2D eigenvalue weighted by Crippen LogP contribution is 2.15. The average molecular weight is 221 g/mol. The Morgan fingerprint density at radius 1 is 1.44 bits per heavy atom. The Labute approximate surface area is 92.3 Å². The predicted molar refractivity (Wildman–Crippen MR) is 57.3 cm³/mol. The molecule has 1 unspecified atom stereocenters. The van der Waals surface area contributed by atoms with Gasteiger partial charge in [0, 0.05) is 0 Å². The van der Waals surface area contributed by atoms with E-state index in [-0.39, 0.29) is 5.71 Å². The Morgan fingerprint density at radius 3 is 2.50 bits per heavy atom. The quantitative estimate of drug-likeness (QED) is 0.458. The minimum atomic E-state index is -1.28. The summed E-state index contributed by atoms with van der Waals surface area (Å²) in [4.78, 5) is 26.2. The van der Waals surface area contributed by atoms with Gasteiger partial charge in [-0.3, -0.25) is 0 Å². The molecule has 5 nitrogen and oxygen atoms in total. The topological polar surface area (TPSA) is 76.0 Å². The molecule has 1 aromatic carbocycles. The van der Waals surface area contributed by atoms with E-state index in [0.29, 0.717) is 11.8 Å². The Balaban J connectivity index is 3.11. The Kier molecular flexibility index (Phi) is 4.20. The smallest absolute Gasteiger partial charge is 0.354 e. The summed E-state index contributed by atoms with van der Waals surface area (Å²) < 4.78 is 0. The lowest BCUT2D eigenvalue weighted by atomic mass is 9.96. The highest BCUT2D eigenvalue weighted by molar-refractivity contribution is 6.40. The molecule has 0 heterocycles. The third kappa shape index (κ3) is 2.66. The minimum absolute atomic E-state index is 0.330. The minimum Gasteiger partial charge on any atom is -0.477 e. The van der Waals surface area contributed by atoms with E-state index >= 15 is 0 Å². The molecule has 0 bridgehead atoms. The summed E-state index contributed by atoms with van der Waals surface area (Å²) in [6, 6.07) is 8.54.